The van der Waals surface area contributed by atoms with E-state index in [2.05, 4.69) is 25.7 Å². The van der Waals surface area contributed by atoms with E-state index >= 15 is 0 Å². The van der Waals surface area contributed by atoms with Gasteiger partial charge in [0, 0.05) is 25.0 Å². The normalized spacial score (nSPS) is 23.7. The molecule has 0 spiro atoms. The van der Waals surface area contributed by atoms with Gasteiger partial charge in [-0.3, -0.25) is 15.0 Å². The summed E-state index contributed by atoms with van der Waals surface area (Å²) in [6, 6.07) is 0.703. The summed E-state index contributed by atoms with van der Waals surface area (Å²) in [5.74, 6) is 0.961. The number of amides is 1. The van der Waals surface area contributed by atoms with Crippen molar-refractivity contribution in [2.24, 2.45) is 0 Å². The minimum atomic E-state index is -0.0947. The maximum Gasteiger partial charge on any atom is 0.322 e. The minimum Gasteiger partial charge on any atom is -0.408 e. The molecule has 1 saturated heterocycles. The molecule has 3 rings (SSSR count). The molecule has 0 bridgehead atoms. The number of hydrogen-bond donors (Lipinski definition) is 2. The zero-order chi connectivity index (χ0) is 13.2. The lowest BCUT2D eigenvalue weighted by Gasteiger charge is -2.14. The summed E-state index contributed by atoms with van der Waals surface area (Å²) >= 11 is 0. The van der Waals surface area contributed by atoms with Gasteiger partial charge in [-0.15, -0.1) is 5.10 Å². The van der Waals surface area contributed by atoms with Crippen LogP contribution in [0.3, 0.4) is 0 Å². The lowest BCUT2D eigenvalue weighted by molar-refractivity contribution is -0.117. The molecule has 1 aliphatic heterocycles. The van der Waals surface area contributed by atoms with Crippen molar-refractivity contribution in [3.05, 3.63) is 5.89 Å². The molecule has 7 heteroatoms. The van der Waals surface area contributed by atoms with Crippen LogP contribution in [-0.4, -0.2) is 53.7 Å². The van der Waals surface area contributed by atoms with E-state index in [0.29, 0.717) is 24.4 Å². The second-order valence-electron chi connectivity index (χ2n) is 5.28. The van der Waals surface area contributed by atoms with Crippen LogP contribution in [0.15, 0.2) is 4.42 Å². The highest BCUT2D eigenvalue weighted by molar-refractivity contribution is 5.90. The SMILES string of the molecule is CNC1CCN(CC(=O)Nc2nnc(C3CC3)o2)C1. The molecule has 1 aromatic heterocycles. The lowest BCUT2D eigenvalue weighted by Crippen LogP contribution is -2.34. The first kappa shape index (κ1) is 12.6. The second-order valence-corrected chi connectivity index (χ2v) is 5.28. The number of carbonyl (C=O) groups excluding carboxylic acids is 1. The summed E-state index contributed by atoms with van der Waals surface area (Å²) in [5, 5.41) is 13.7. The predicted octanol–water partition coefficient (Wildman–Crippen LogP) is 0.179. The van der Waals surface area contributed by atoms with E-state index in [-0.39, 0.29) is 11.9 Å². The summed E-state index contributed by atoms with van der Waals surface area (Å²) in [5.41, 5.74) is 0. The van der Waals surface area contributed by atoms with Gasteiger partial charge in [0.15, 0.2) is 0 Å². The van der Waals surface area contributed by atoms with E-state index in [4.69, 9.17) is 4.42 Å². The van der Waals surface area contributed by atoms with Gasteiger partial charge < -0.3 is 9.73 Å². The Hall–Kier alpha value is -1.47. The molecular weight excluding hydrogens is 246 g/mol. The summed E-state index contributed by atoms with van der Waals surface area (Å²) in [6.07, 6.45) is 3.29. The van der Waals surface area contributed by atoms with Crippen LogP contribution in [0.1, 0.15) is 31.1 Å². The fraction of sp³-hybridized carbons (Fsp3) is 0.750. The van der Waals surface area contributed by atoms with Crippen LogP contribution in [0.5, 0.6) is 0 Å². The minimum absolute atomic E-state index is 0.0947. The van der Waals surface area contributed by atoms with Crippen molar-refractivity contribution < 1.29 is 9.21 Å². The summed E-state index contributed by atoms with van der Waals surface area (Å²) in [7, 11) is 1.95. The van der Waals surface area contributed by atoms with Crippen molar-refractivity contribution >= 4 is 11.9 Å². The fourth-order valence-electron chi connectivity index (χ4n) is 2.35. The fourth-order valence-corrected chi connectivity index (χ4v) is 2.35. The van der Waals surface area contributed by atoms with Gasteiger partial charge >= 0.3 is 6.01 Å². The molecule has 1 amide bonds. The Balaban J connectivity index is 1.47. The van der Waals surface area contributed by atoms with Crippen LogP contribution in [0.25, 0.3) is 0 Å². The molecule has 1 atom stereocenters. The van der Waals surface area contributed by atoms with Gasteiger partial charge in [0.2, 0.25) is 11.8 Å². The maximum atomic E-state index is 11.9. The van der Waals surface area contributed by atoms with Crippen molar-refractivity contribution in [2.75, 3.05) is 32.0 Å². The largest absolute Gasteiger partial charge is 0.408 e. The van der Waals surface area contributed by atoms with Crippen LogP contribution < -0.4 is 10.6 Å². The maximum absolute atomic E-state index is 11.9. The van der Waals surface area contributed by atoms with Crippen LogP contribution >= 0.6 is 0 Å². The standard InChI is InChI=1S/C12H19N5O2/c1-13-9-4-5-17(6-9)7-10(18)14-12-16-15-11(19-12)8-2-3-8/h8-9,13H,2-7H2,1H3,(H,14,16,18). The number of carbonyl (C=O) groups is 1. The van der Waals surface area contributed by atoms with Crippen LogP contribution in [0, 0.1) is 0 Å². The number of nitrogens with zero attached hydrogens (tertiary/aromatic N) is 3. The zero-order valence-electron chi connectivity index (χ0n) is 11.1. The summed E-state index contributed by atoms with van der Waals surface area (Å²) < 4.78 is 5.40. The lowest BCUT2D eigenvalue weighted by atomic mass is 10.3. The van der Waals surface area contributed by atoms with Gasteiger partial charge in [-0.1, -0.05) is 5.10 Å². The molecular formula is C12H19N5O2. The Morgan fingerprint density at radius 2 is 2.26 bits per heavy atom. The highest BCUT2D eigenvalue weighted by atomic mass is 16.4. The molecule has 2 fully saturated rings. The molecule has 2 aliphatic rings. The predicted molar refractivity (Wildman–Crippen MR) is 68.8 cm³/mol. The molecule has 2 N–H and O–H groups in total. The molecule has 1 saturated carbocycles. The van der Waals surface area contributed by atoms with E-state index in [1.165, 1.54) is 0 Å². The van der Waals surface area contributed by atoms with E-state index in [9.17, 15) is 4.79 Å². The van der Waals surface area contributed by atoms with E-state index in [1.54, 1.807) is 0 Å². The first-order valence-electron chi connectivity index (χ1n) is 6.77. The van der Waals surface area contributed by atoms with Crippen LogP contribution in [0.2, 0.25) is 0 Å². The average molecular weight is 265 g/mol. The second kappa shape index (κ2) is 5.26. The number of nitrogens with one attached hydrogen (secondary N) is 2. The molecule has 7 nitrogen and oxygen atoms in total. The number of likely N-dealkylation sites (N-methyl/N-ethyl adjacent to an activating group) is 1. The molecule has 0 aromatic carbocycles. The smallest absolute Gasteiger partial charge is 0.322 e. The Kier molecular flexibility index (Phi) is 3.48. The number of anilines is 1. The zero-order valence-corrected chi connectivity index (χ0v) is 11.1. The van der Waals surface area contributed by atoms with E-state index < -0.39 is 0 Å². The van der Waals surface area contributed by atoms with Crippen molar-refractivity contribution in [3.8, 4) is 0 Å². The molecule has 1 unspecified atom stereocenters. The van der Waals surface area contributed by atoms with E-state index in [0.717, 1.165) is 32.4 Å². The van der Waals surface area contributed by atoms with Crippen molar-refractivity contribution in [2.45, 2.75) is 31.2 Å². The van der Waals surface area contributed by atoms with E-state index in [1.807, 2.05) is 7.05 Å². The first-order chi connectivity index (χ1) is 9.24. The molecule has 1 aliphatic carbocycles. The highest BCUT2D eigenvalue weighted by Gasteiger charge is 2.30. The molecule has 104 valence electrons. The number of aromatic nitrogens is 2. The topological polar surface area (TPSA) is 83.3 Å². The van der Waals surface area contributed by atoms with Crippen LogP contribution in [0.4, 0.5) is 6.01 Å². The Morgan fingerprint density at radius 1 is 1.42 bits per heavy atom. The first-order valence-corrected chi connectivity index (χ1v) is 6.77. The molecule has 0 radical (unpaired) electrons. The Labute approximate surface area is 111 Å². The number of likely N-dealkylation sites (tertiary alicyclic amines) is 1. The number of rotatable bonds is 5. The van der Waals surface area contributed by atoms with Gasteiger partial charge in [-0.25, -0.2) is 0 Å². The van der Waals surface area contributed by atoms with Gasteiger partial charge in [0.05, 0.1) is 6.54 Å². The Bertz CT molecular complexity index is 457. The average Bonchev–Trinajstić information content (AvgIpc) is 2.98. The quantitative estimate of drug-likeness (QED) is 0.790. The molecule has 1 aromatic rings. The highest BCUT2D eigenvalue weighted by Crippen LogP contribution is 2.39. The van der Waals surface area contributed by atoms with Crippen molar-refractivity contribution in [1.82, 2.24) is 20.4 Å². The summed E-state index contributed by atoms with van der Waals surface area (Å²) in [4.78, 5) is 14.0. The van der Waals surface area contributed by atoms with Crippen LogP contribution in [-0.2, 0) is 4.79 Å². The monoisotopic (exact) mass is 265 g/mol. The molecule has 2 heterocycles. The van der Waals surface area contributed by atoms with Gasteiger partial charge in [0.25, 0.3) is 0 Å². The molecule has 19 heavy (non-hydrogen) atoms. The van der Waals surface area contributed by atoms with Gasteiger partial charge in [-0.2, -0.15) is 0 Å². The van der Waals surface area contributed by atoms with Gasteiger partial charge in [0.1, 0.15) is 0 Å². The third kappa shape index (κ3) is 3.10. The summed E-state index contributed by atoms with van der Waals surface area (Å²) in [6.45, 7) is 2.22. The van der Waals surface area contributed by atoms with Crippen molar-refractivity contribution in [1.29, 1.82) is 0 Å². The Morgan fingerprint density at radius 3 is 2.95 bits per heavy atom. The van der Waals surface area contributed by atoms with Crippen molar-refractivity contribution in [3.63, 3.8) is 0 Å². The third-order valence-corrected chi connectivity index (χ3v) is 3.66. The number of hydrogen-bond acceptors (Lipinski definition) is 6. The third-order valence-electron chi connectivity index (χ3n) is 3.66. The van der Waals surface area contributed by atoms with Gasteiger partial charge in [-0.05, 0) is 26.3 Å².